The van der Waals surface area contributed by atoms with Gasteiger partial charge in [0.15, 0.2) is 0 Å². The zero-order chi connectivity index (χ0) is 26.3. The first kappa shape index (κ1) is 24.6. The quantitative estimate of drug-likeness (QED) is 0.340. The minimum absolute atomic E-state index is 0.0588. The van der Waals surface area contributed by atoms with Crippen LogP contribution in [0.5, 0.6) is 11.8 Å². The third kappa shape index (κ3) is 4.71. The molecule has 3 heterocycles. The van der Waals surface area contributed by atoms with Crippen LogP contribution < -0.4 is 14.4 Å². The Labute approximate surface area is 212 Å². The molecule has 0 N–H and O–H groups in total. The number of halogens is 3. The van der Waals surface area contributed by atoms with Crippen LogP contribution in [0.15, 0.2) is 55.0 Å². The van der Waals surface area contributed by atoms with Crippen molar-refractivity contribution in [3.8, 4) is 28.7 Å². The maximum absolute atomic E-state index is 15.2. The zero-order valence-corrected chi connectivity index (χ0v) is 20.9. The molecular formula is C27H26F3N5O2. The van der Waals surface area contributed by atoms with E-state index in [1.54, 1.807) is 44.6 Å². The molecule has 10 heteroatoms. The second kappa shape index (κ2) is 9.42. The molecule has 0 saturated heterocycles. The molecule has 4 aromatic rings. The molecule has 2 aromatic heterocycles. The summed E-state index contributed by atoms with van der Waals surface area (Å²) in [5, 5.41) is 0. The molecule has 1 aliphatic heterocycles. The molecule has 192 valence electrons. The number of ether oxygens (including phenoxy) is 2. The molecule has 0 aliphatic carbocycles. The standard InChI is InChI=1S/C27H26F3N5O2/c1-16-13-34(15-31-16)22-10-7-19(11-23(22)36-3)24-21-12-27(29,30)14-35(25(21)33-26(32-24)37-4)17(2)18-5-8-20(28)9-6-18/h5-11,13,15,17H,12,14H2,1-4H3. The highest BCUT2D eigenvalue weighted by Crippen LogP contribution is 2.43. The molecule has 0 fully saturated rings. The van der Waals surface area contributed by atoms with E-state index in [0.29, 0.717) is 34.0 Å². The van der Waals surface area contributed by atoms with Gasteiger partial charge in [0, 0.05) is 23.7 Å². The largest absolute Gasteiger partial charge is 0.495 e. The SMILES string of the molecule is COc1nc(-c2ccc(-n3cnc(C)c3)c(OC)c2)c2c(n1)N(C(C)c1ccc(F)cc1)CC(F)(F)C2. The van der Waals surface area contributed by atoms with Crippen LogP contribution in [0.25, 0.3) is 16.9 Å². The average molecular weight is 510 g/mol. The number of hydrogen-bond donors (Lipinski definition) is 0. The number of alkyl halides is 2. The van der Waals surface area contributed by atoms with Gasteiger partial charge in [0.05, 0.1) is 50.2 Å². The van der Waals surface area contributed by atoms with Crippen LogP contribution >= 0.6 is 0 Å². The van der Waals surface area contributed by atoms with E-state index in [1.807, 2.05) is 23.8 Å². The van der Waals surface area contributed by atoms with E-state index >= 15 is 8.78 Å². The zero-order valence-electron chi connectivity index (χ0n) is 20.9. The number of hydrogen-bond acceptors (Lipinski definition) is 6. The lowest BCUT2D eigenvalue weighted by atomic mass is 9.94. The Kier molecular flexibility index (Phi) is 6.26. The van der Waals surface area contributed by atoms with Gasteiger partial charge in [-0.1, -0.05) is 18.2 Å². The van der Waals surface area contributed by atoms with Crippen LogP contribution in [-0.4, -0.2) is 46.2 Å². The maximum Gasteiger partial charge on any atom is 0.318 e. The molecule has 0 spiro atoms. The number of rotatable bonds is 6. The van der Waals surface area contributed by atoms with Crippen molar-refractivity contribution in [3.63, 3.8) is 0 Å². The van der Waals surface area contributed by atoms with Gasteiger partial charge in [0.2, 0.25) is 0 Å². The molecule has 1 atom stereocenters. The Bertz CT molecular complexity index is 1440. The summed E-state index contributed by atoms with van der Waals surface area (Å²) < 4.78 is 56.7. The monoisotopic (exact) mass is 509 g/mol. The molecule has 0 amide bonds. The highest BCUT2D eigenvalue weighted by atomic mass is 19.3. The molecule has 0 radical (unpaired) electrons. The summed E-state index contributed by atoms with van der Waals surface area (Å²) in [6.45, 7) is 3.13. The number of aryl methyl sites for hydroxylation is 1. The minimum atomic E-state index is -3.04. The van der Waals surface area contributed by atoms with Gasteiger partial charge >= 0.3 is 6.01 Å². The summed E-state index contributed by atoms with van der Waals surface area (Å²) in [6, 6.07) is 10.8. The molecule has 0 bridgehead atoms. The summed E-state index contributed by atoms with van der Waals surface area (Å²) in [6.07, 6.45) is 3.01. The van der Waals surface area contributed by atoms with Crippen molar-refractivity contribution in [1.82, 2.24) is 19.5 Å². The first-order chi connectivity index (χ1) is 17.7. The summed E-state index contributed by atoms with van der Waals surface area (Å²) in [5.41, 5.74) is 3.51. The van der Waals surface area contributed by atoms with Crippen molar-refractivity contribution in [2.45, 2.75) is 32.2 Å². The van der Waals surface area contributed by atoms with Crippen LogP contribution in [0.2, 0.25) is 0 Å². The van der Waals surface area contributed by atoms with Gasteiger partial charge in [-0.25, -0.2) is 18.2 Å². The average Bonchev–Trinajstić information content (AvgIpc) is 3.32. The second-order valence-corrected chi connectivity index (χ2v) is 9.06. The smallest absolute Gasteiger partial charge is 0.318 e. The van der Waals surface area contributed by atoms with Gasteiger partial charge in [-0.2, -0.15) is 9.97 Å². The predicted molar refractivity (Wildman–Crippen MR) is 133 cm³/mol. The van der Waals surface area contributed by atoms with Crippen molar-refractivity contribution >= 4 is 5.82 Å². The van der Waals surface area contributed by atoms with Crippen molar-refractivity contribution in [2.75, 3.05) is 25.7 Å². The Morgan fingerprint density at radius 2 is 1.78 bits per heavy atom. The predicted octanol–water partition coefficient (Wildman–Crippen LogP) is 5.55. The van der Waals surface area contributed by atoms with E-state index in [9.17, 15) is 4.39 Å². The first-order valence-electron chi connectivity index (χ1n) is 11.7. The molecule has 1 unspecified atom stereocenters. The van der Waals surface area contributed by atoms with Crippen LogP contribution in [0.3, 0.4) is 0 Å². The number of imidazole rings is 1. The van der Waals surface area contributed by atoms with E-state index in [1.165, 1.54) is 24.1 Å². The Hall–Kier alpha value is -4.08. The van der Waals surface area contributed by atoms with Crippen LogP contribution in [0, 0.1) is 12.7 Å². The normalized spacial score (nSPS) is 15.3. The van der Waals surface area contributed by atoms with Gasteiger partial charge in [-0.05, 0) is 43.7 Å². The van der Waals surface area contributed by atoms with Crippen LogP contribution in [0.1, 0.15) is 29.8 Å². The molecule has 0 saturated carbocycles. The third-order valence-corrected chi connectivity index (χ3v) is 6.52. The topological polar surface area (TPSA) is 65.3 Å². The molecular weight excluding hydrogens is 483 g/mol. The van der Waals surface area contributed by atoms with Crippen LogP contribution in [-0.2, 0) is 6.42 Å². The Morgan fingerprint density at radius 1 is 1.03 bits per heavy atom. The molecule has 7 nitrogen and oxygen atoms in total. The van der Waals surface area contributed by atoms with Gasteiger partial charge in [-0.15, -0.1) is 0 Å². The van der Waals surface area contributed by atoms with Gasteiger partial charge < -0.3 is 18.9 Å². The second-order valence-electron chi connectivity index (χ2n) is 9.06. The highest BCUT2D eigenvalue weighted by molar-refractivity contribution is 5.74. The van der Waals surface area contributed by atoms with Gasteiger partial charge in [0.25, 0.3) is 5.92 Å². The number of methoxy groups -OCH3 is 2. The number of aromatic nitrogens is 4. The Balaban J connectivity index is 1.65. The lowest BCUT2D eigenvalue weighted by Gasteiger charge is -2.39. The van der Waals surface area contributed by atoms with E-state index in [0.717, 1.165) is 11.4 Å². The highest BCUT2D eigenvalue weighted by Gasteiger charge is 2.43. The number of benzene rings is 2. The fourth-order valence-electron chi connectivity index (χ4n) is 4.65. The third-order valence-electron chi connectivity index (χ3n) is 6.52. The summed E-state index contributed by atoms with van der Waals surface area (Å²) in [5.74, 6) is -2.54. The lowest BCUT2D eigenvalue weighted by Crippen LogP contribution is -2.45. The van der Waals surface area contributed by atoms with Gasteiger partial charge in [-0.3, -0.25) is 0 Å². The van der Waals surface area contributed by atoms with E-state index in [2.05, 4.69) is 15.0 Å². The van der Waals surface area contributed by atoms with Crippen LogP contribution in [0.4, 0.5) is 19.0 Å². The molecule has 1 aliphatic rings. The number of nitrogens with zero attached hydrogens (tertiary/aromatic N) is 5. The van der Waals surface area contributed by atoms with E-state index in [-0.39, 0.29) is 6.01 Å². The fraction of sp³-hybridized carbons (Fsp3) is 0.296. The molecule has 2 aromatic carbocycles. The van der Waals surface area contributed by atoms with E-state index < -0.39 is 30.7 Å². The lowest BCUT2D eigenvalue weighted by molar-refractivity contribution is 0.00315. The summed E-state index contributed by atoms with van der Waals surface area (Å²) in [7, 11) is 2.98. The Morgan fingerprint density at radius 3 is 2.43 bits per heavy atom. The van der Waals surface area contributed by atoms with Gasteiger partial charge in [0.1, 0.15) is 17.4 Å². The minimum Gasteiger partial charge on any atom is -0.495 e. The fourth-order valence-corrected chi connectivity index (χ4v) is 4.65. The van der Waals surface area contributed by atoms with Crippen molar-refractivity contribution in [3.05, 3.63) is 77.6 Å². The van der Waals surface area contributed by atoms with Crippen molar-refractivity contribution in [1.29, 1.82) is 0 Å². The molecule has 37 heavy (non-hydrogen) atoms. The summed E-state index contributed by atoms with van der Waals surface area (Å²) in [4.78, 5) is 14.8. The van der Waals surface area contributed by atoms with E-state index in [4.69, 9.17) is 9.47 Å². The van der Waals surface area contributed by atoms with Crippen molar-refractivity contribution in [2.24, 2.45) is 0 Å². The van der Waals surface area contributed by atoms with Crippen molar-refractivity contribution < 1.29 is 22.6 Å². The number of fused-ring (bicyclic) bond motifs is 1. The maximum atomic E-state index is 15.2. The first-order valence-corrected chi connectivity index (χ1v) is 11.7. The number of anilines is 1. The summed E-state index contributed by atoms with van der Waals surface area (Å²) >= 11 is 0. The molecule has 5 rings (SSSR count).